The molecule has 0 aromatic heterocycles. The van der Waals surface area contributed by atoms with Gasteiger partial charge in [-0.3, -0.25) is 0 Å². The number of nitrogens with one attached hydrogen (secondary N) is 1. The van der Waals surface area contributed by atoms with Gasteiger partial charge in [-0.25, -0.2) is 0 Å². The minimum atomic E-state index is -0.137. The third-order valence-electron chi connectivity index (χ3n) is 3.85. The second-order valence-corrected chi connectivity index (χ2v) is 7.44. The number of rotatable bonds is 3. The Morgan fingerprint density at radius 1 is 1.32 bits per heavy atom. The SMILES string of the molecule is CCc1cc(Br)ccc1NC1CC(C)(C)OC1(C)C. The highest BCUT2D eigenvalue weighted by atomic mass is 79.9. The summed E-state index contributed by atoms with van der Waals surface area (Å²) in [4.78, 5) is 0. The summed E-state index contributed by atoms with van der Waals surface area (Å²) >= 11 is 3.54. The first-order chi connectivity index (χ1) is 8.73. The highest BCUT2D eigenvalue weighted by molar-refractivity contribution is 9.10. The Morgan fingerprint density at radius 2 is 2.00 bits per heavy atom. The van der Waals surface area contributed by atoms with E-state index in [9.17, 15) is 0 Å². The van der Waals surface area contributed by atoms with Crippen LogP contribution in [-0.2, 0) is 11.2 Å². The Bertz CT molecular complexity index is 468. The molecule has 1 aromatic carbocycles. The second-order valence-electron chi connectivity index (χ2n) is 6.52. The van der Waals surface area contributed by atoms with E-state index in [-0.39, 0.29) is 11.2 Å². The third kappa shape index (κ3) is 3.32. The Balaban J connectivity index is 2.22. The standard InChI is InChI=1S/C16H24BrNO/c1-6-11-9-12(17)7-8-13(11)18-14-10-15(2,3)19-16(14,4)5/h7-9,14,18H,6,10H2,1-5H3. The topological polar surface area (TPSA) is 21.3 Å². The molecule has 0 radical (unpaired) electrons. The van der Waals surface area contributed by atoms with Crippen LogP contribution in [0.1, 0.15) is 46.6 Å². The van der Waals surface area contributed by atoms with E-state index < -0.39 is 0 Å². The summed E-state index contributed by atoms with van der Waals surface area (Å²) in [5.41, 5.74) is 2.38. The molecule has 3 heteroatoms. The van der Waals surface area contributed by atoms with Crippen molar-refractivity contribution < 1.29 is 4.74 Å². The van der Waals surface area contributed by atoms with Crippen molar-refractivity contribution in [3.63, 3.8) is 0 Å². The van der Waals surface area contributed by atoms with Crippen molar-refractivity contribution in [2.24, 2.45) is 0 Å². The molecule has 1 unspecified atom stereocenters. The number of halogens is 1. The first-order valence-corrected chi connectivity index (χ1v) is 7.78. The molecule has 19 heavy (non-hydrogen) atoms. The zero-order valence-corrected chi connectivity index (χ0v) is 14.1. The normalized spacial score (nSPS) is 24.4. The first kappa shape index (κ1) is 14.9. The molecule has 0 amide bonds. The Morgan fingerprint density at radius 3 is 2.53 bits per heavy atom. The van der Waals surface area contributed by atoms with E-state index in [1.54, 1.807) is 0 Å². The first-order valence-electron chi connectivity index (χ1n) is 6.99. The van der Waals surface area contributed by atoms with Crippen LogP contribution >= 0.6 is 15.9 Å². The lowest BCUT2D eigenvalue weighted by Crippen LogP contribution is -2.38. The molecular formula is C16H24BrNO. The molecule has 1 aromatic rings. The number of hydrogen-bond acceptors (Lipinski definition) is 2. The number of aryl methyl sites for hydroxylation is 1. The molecule has 0 bridgehead atoms. The van der Waals surface area contributed by atoms with Crippen molar-refractivity contribution in [1.82, 2.24) is 0 Å². The molecule has 2 nitrogen and oxygen atoms in total. The lowest BCUT2D eigenvalue weighted by atomic mass is 9.94. The van der Waals surface area contributed by atoms with Gasteiger partial charge in [-0.1, -0.05) is 22.9 Å². The van der Waals surface area contributed by atoms with E-state index in [1.807, 2.05) is 0 Å². The summed E-state index contributed by atoms with van der Waals surface area (Å²) in [6.07, 6.45) is 2.05. The second kappa shape index (κ2) is 5.10. The van der Waals surface area contributed by atoms with Gasteiger partial charge in [0, 0.05) is 10.2 Å². The van der Waals surface area contributed by atoms with Gasteiger partial charge in [0.15, 0.2) is 0 Å². The molecule has 1 N–H and O–H groups in total. The quantitative estimate of drug-likeness (QED) is 0.864. The molecule has 0 spiro atoms. The predicted molar refractivity (Wildman–Crippen MR) is 84.8 cm³/mol. The molecule has 0 aliphatic carbocycles. The summed E-state index contributed by atoms with van der Waals surface area (Å²) in [6.45, 7) is 10.9. The van der Waals surface area contributed by atoms with Crippen LogP contribution in [0.4, 0.5) is 5.69 Å². The van der Waals surface area contributed by atoms with Crippen molar-refractivity contribution in [1.29, 1.82) is 0 Å². The molecular weight excluding hydrogens is 302 g/mol. The van der Waals surface area contributed by atoms with Crippen molar-refractivity contribution in [2.75, 3.05) is 5.32 Å². The number of ether oxygens (including phenoxy) is 1. The van der Waals surface area contributed by atoms with Gasteiger partial charge in [0.2, 0.25) is 0 Å². The average molecular weight is 326 g/mol. The molecule has 1 saturated heterocycles. The smallest absolute Gasteiger partial charge is 0.0834 e. The van der Waals surface area contributed by atoms with E-state index in [0.717, 1.165) is 17.3 Å². The number of anilines is 1. The van der Waals surface area contributed by atoms with E-state index in [2.05, 4.69) is 74.1 Å². The summed E-state index contributed by atoms with van der Waals surface area (Å²) in [5.74, 6) is 0. The molecule has 1 atom stereocenters. The summed E-state index contributed by atoms with van der Waals surface area (Å²) in [7, 11) is 0. The fraction of sp³-hybridized carbons (Fsp3) is 0.625. The largest absolute Gasteiger partial charge is 0.379 e. The van der Waals surface area contributed by atoms with Crippen LogP contribution in [0.5, 0.6) is 0 Å². The van der Waals surface area contributed by atoms with Crippen LogP contribution < -0.4 is 5.32 Å². The minimum absolute atomic E-state index is 0.0527. The zero-order valence-electron chi connectivity index (χ0n) is 12.5. The molecule has 106 valence electrons. The Labute approximate surface area is 125 Å². The lowest BCUT2D eigenvalue weighted by Gasteiger charge is -2.29. The minimum Gasteiger partial charge on any atom is -0.379 e. The summed E-state index contributed by atoms with van der Waals surface area (Å²) in [6, 6.07) is 6.78. The fourth-order valence-electron chi connectivity index (χ4n) is 2.97. The highest BCUT2D eigenvalue weighted by Gasteiger charge is 2.45. The maximum absolute atomic E-state index is 6.15. The molecule has 2 rings (SSSR count). The van der Waals surface area contributed by atoms with Gasteiger partial charge in [-0.2, -0.15) is 0 Å². The summed E-state index contributed by atoms with van der Waals surface area (Å²) in [5, 5.41) is 3.69. The summed E-state index contributed by atoms with van der Waals surface area (Å²) < 4.78 is 7.28. The average Bonchev–Trinajstić information content (AvgIpc) is 2.49. The monoisotopic (exact) mass is 325 g/mol. The van der Waals surface area contributed by atoms with Crippen molar-refractivity contribution >= 4 is 21.6 Å². The molecule has 0 saturated carbocycles. The van der Waals surface area contributed by atoms with Gasteiger partial charge >= 0.3 is 0 Å². The number of hydrogen-bond donors (Lipinski definition) is 1. The van der Waals surface area contributed by atoms with Gasteiger partial charge in [-0.15, -0.1) is 0 Å². The van der Waals surface area contributed by atoms with Gasteiger partial charge in [0.1, 0.15) is 0 Å². The number of benzene rings is 1. The maximum atomic E-state index is 6.15. The third-order valence-corrected chi connectivity index (χ3v) is 4.35. The lowest BCUT2D eigenvalue weighted by molar-refractivity contribution is -0.0662. The predicted octanol–water partition coefficient (Wildman–Crippen LogP) is 4.77. The Hall–Kier alpha value is -0.540. The van der Waals surface area contributed by atoms with Gasteiger partial charge in [0.25, 0.3) is 0 Å². The molecule has 1 aliphatic rings. The van der Waals surface area contributed by atoms with Crippen molar-refractivity contribution in [3.05, 3.63) is 28.2 Å². The highest BCUT2D eigenvalue weighted by Crippen LogP contribution is 2.39. The van der Waals surface area contributed by atoms with E-state index in [4.69, 9.17) is 4.74 Å². The fourth-order valence-corrected chi connectivity index (χ4v) is 3.38. The van der Waals surface area contributed by atoms with Crippen LogP contribution in [-0.4, -0.2) is 17.2 Å². The van der Waals surface area contributed by atoms with E-state index >= 15 is 0 Å². The molecule has 1 fully saturated rings. The van der Waals surface area contributed by atoms with Crippen LogP contribution in [0.25, 0.3) is 0 Å². The van der Waals surface area contributed by atoms with Crippen molar-refractivity contribution in [3.8, 4) is 0 Å². The van der Waals surface area contributed by atoms with Crippen LogP contribution in [0, 0.1) is 0 Å². The van der Waals surface area contributed by atoms with Gasteiger partial charge in [-0.05, 0) is 64.3 Å². The molecule has 1 aliphatic heterocycles. The maximum Gasteiger partial charge on any atom is 0.0834 e. The van der Waals surface area contributed by atoms with Crippen LogP contribution in [0.15, 0.2) is 22.7 Å². The van der Waals surface area contributed by atoms with Gasteiger partial charge in [0.05, 0.1) is 17.2 Å². The van der Waals surface area contributed by atoms with Crippen LogP contribution in [0.3, 0.4) is 0 Å². The Kier molecular flexibility index (Phi) is 3.99. The zero-order chi connectivity index (χ0) is 14.3. The van der Waals surface area contributed by atoms with Crippen LogP contribution in [0.2, 0.25) is 0 Å². The molecule has 1 heterocycles. The van der Waals surface area contributed by atoms with E-state index in [0.29, 0.717) is 6.04 Å². The van der Waals surface area contributed by atoms with E-state index in [1.165, 1.54) is 11.3 Å². The van der Waals surface area contributed by atoms with Crippen molar-refractivity contribution in [2.45, 2.75) is 64.7 Å². The van der Waals surface area contributed by atoms with Gasteiger partial charge < -0.3 is 10.1 Å².